The Labute approximate surface area is 82.2 Å². The number of esters is 1. The third-order valence-electron chi connectivity index (χ3n) is 1.81. The van der Waals surface area contributed by atoms with E-state index in [0.29, 0.717) is 5.56 Å². The zero-order valence-corrected chi connectivity index (χ0v) is 7.78. The fourth-order valence-corrected chi connectivity index (χ4v) is 1.07. The Hall–Kier alpha value is -2.08. The van der Waals surface area contributed by atoms with Crippen LogP contribution in [-0.2, 0) is 4.74 Å². The lowest BCUT2D eigenvalue weighted by atomic mass is 10.1. The highest BCUT2D eigenvalue weighted by molar-refractivity contribution is 5.92. The Morgan fingerprint density at radius 3 is 2.86 bits per heavy atom. The van der Waals surface area contributed by atoms with Gasteiger partial charge in [-0.15, -0.1) is 0 Å². The second-order valence-corrected chi connectivity index (χ2v) is 2.61. The molecule has 0 atom stereocenters. The number of hydrogen-bond donors (Lipinski definition) is 0. The molecule has 0 saturated carbocycles. The van der Waals surface area contributed by atoms with Crippen molar-refractivity contribution >= 4 is 12.0 Å². The standard InChI is InChI=1S/C11H9NO2/c1-3-8-4-5-10(11(13)14-2)9(6-8)7-12/h3-6H,1H2,2H3. The van der Waals surface area contributed by atoms with E-state index in [9.17, 15) is 4.79 Å². The maximum Gasteiger partial charge on any atom is 0.339 e. The van der Waals surface area contributed by atoms with Crippen LogP contribution in [0.2, 0.25) is 0 Å². The number of ether oxygens (including phenoxy) is 1. The first-order valence-electron chi connectivity index (χ1n) is 3.98. The first-order chi connectivity index (χ1) is 6.72. The molecule has 0 N–H and O–H groups in total. The van der Waals surface area contributed by atoms with E-state index in [1.807, 2.05) is 6.07 Å². The van der Waals surface area contributed by atoms with E-state index in [-0.39, 0.29) is 5.56 Å². The molecular weight excluding hydrogens is 178 g/mol. The van der Waals surface area contributed by atoms with Crippen molar-refractivity contribution in [3.05, 3.63) is 41.5 Å². The highest BCUT2D eigenvalue weighted by Crippen LogP contribution is 2.13. The predicted molar refractivity (Wildman–Crippen MR) is 52.6 cm³/mol. The Bertz CT molecular complexity index is 416. The summed E-state index contributed by atoms with van der Waals surface area (Å²) < 4.78 is 4.54. The zero-order chi connectivity index (χ0) is 10.6. The molecule has 0 spiro atoms. The zero-order valence-electron chi connectivity index (χ0n) is 7.78. The van der Waals surface area contributed by atoms with Gasteiger partial charge in [-0.3, -0.25) is 0 Å². The van der Waals surface area contributed by atoms with E-state index in [4.69, 9.17) is 5.26 Å². The summed E-state index contributed by atoms with van der Waals surface area (Å²) >= 11 is 0. The highest BCUT2D eigenvalue weighted by atomic mass is 16.5. The fraction of sp³-hybridized carbons (Fsp3) is 0.0909. The van der Waals surface area contributed by atoms with Crippen LogP contribution >= 0.6 is 0 Å². The van der Waals surface area contributed by atoms with Crippen LogP contribution < -0.4 is 0 Å². The van der Waals surface area contributed by atoms with Gasteiger partial charge in [-0.25, -0.2) is 4.79 Å². The van der Waals surface area contributed by atoms with Gasteiger partial charge in [0.25, 0.3) is 0 Å². The number of nitriles is 1. The van der Waals surface area contributed by atoms with Crippen molar-refractivity contribution in [1.82, 2.24) is 0 Å². The minimum Gasteiger partial charge on any atom is -0.465 e. The molecule has 0 aromatic heterocycles. The maximum absolute atomic E-state index is 11.2. The fourth-order valence-electron chi connectivity index (χ4n) is 1.07. The Kier molecular flexibility index (Phi) is 3.03. The number of methoxy groups -OCH3 is 1. The molecule has 0 amide bonds. The molecule has 0 fully saturated rings. The summed E-state index contributed by atoms with van der Waals surface area (Å²) in [4.78, 5) is 11.2. The van der Waals surface area contributed by atoms with Crippen LogP contribution in [0.5, 0.6) is 0 Å². The lowest BCUT2D eigenvalue weighted by Crippen LogP contribution is -2.04. The summed E-state index contributed by atoms with van der Waals surface area (Å²) in [6.07, 6.45) is 1.61. The number of nitrogens with zero attached hydrogens (tertiary/aromatic N) is 1. The van der Waals surface area contributed by atoms with Gasteiger partial charge in [0.05, 0.1) is 18.2 Å². The van der Waals surface area contributed by atoms with Crippen molar-refractivity contribution in [1.29, 1.82) is 5.26 Å². The largest absolute Gasteiger partial charge is 0.465 e. The van der Waals surface area contributed by atoms with Crippen molar-refractivity contribution in [3.63, 3.8) is 0 Å². The lowest BCUT2D eigenvalue weighted by molar-refractivity contribution is 0.0600. The van der Waals surface area contributed by atoms with Gasteiger partial charge in [0.2, 0.25) is 0 Å². The molecule has 0 aliphatic heterocycles. The van der Waals surface area contributed by atoms with E-state index in [1.54, 1.807) is 24.3 Å². The number of benzene rings is 1. The summed E-state index contributed by atoms with van der Waals surface area (Å²) in [5.41, 5.74) is 1.38. The summed E-state index contributed by atoms with van der Waals surface area (Å²) in [5.74, 6) is -0.503. The van der Waals surface area contributed by atoms with Gasteiger partial charge in [-0.1, -0.05) is 18.7 Å². The monoisotopic (exact) mass is 187 g/mol. The van der Waals surface area contributed by atoms with Gasteiger partial charge in [0.15, 0.2) is 0 Å². The number of hydrogen-bond acceptors (Lipinski definition) is 3. The van der Waals surface area contributed by atoms with Crippen molar-refractivity contribution in [3.8, 4) is 6.07 Å². The van der Waals surface area contributed by atoms with Gasteiger partial charge >= 0.3 is 5.97 Å². The molecule has 0 unspecified atom stereocenters. The normalized spacial score (nSPS) is 8.86. The third-order valence-corrected chi connectivity index (χ3v) is 1.81. The molecular formula is C11H9NO2. The van der Waals surface area contributed by atoms with Gasteiger partial charge in [-0.05, 0) is 17.7 Å². The van der Waals surface area contributed by atoms with E-state index >= 15 is 0 Å². The van der Waals surface area contributed by atoms with Gasteiger partial charge in [0.1, 0.15) is 6.07 Å². The maximum atomic E-state index is 11.2. The number of carbonyl (C=O) groups is 1. The van der Waals surface area contributed by atoms with Crippen LogP contribution in [0.15, 0.2) is 24.8 Å². The van der Waals surface area contributed by atoms with Crippen LogP contribution in [0.3, 0.4) is 0 Å². The van der Waals surface area contributed by atoms with E-state index in [1.165, 1.54) is 7.11 Å². The van der Waals surface area contributed by atoms with Crippen molar-refractivity contribution in [2.24, 2.45) is 0 Å². The minimum atomic E-state index is -0.503. The molecule has 0 aliphatic carbocycles. The molecule has 1 rings (SSSR count). The topological polar surface area (TPSA) is 50.1 Å². The minimum absolute atomic E-state index is 0.278. The summed E-state index contributed by atoms with van der Waals surface area (Å²) in [5, 5.41) is 8.79. The predicted octanol–water partition coefficient (Wildman–Crippen LogP) is 1.99. The number of rotatable bonds is 2. The number of carbonyl (C=O) groups excluding carboxylic acids is 1. The summed E-state index contributed by atoms with van der Waals surface area (Å²) in [6.45, 7) is 3.58. The first-order valence-corrected chi connectivity index (χ1v) is 3.98. The van der Waals surface area contributed by atoms with Crippen LogP contribution in [-0.4, -0.2) is 13.1 Å². The average molecular weight is 187 g/mol. The van der Waals surface area contributed by atoms with E-state index in [0.717, 1.165) is 5.56 Å². The molecule has 1 aromatic carbocycles. The molecule has 0 radical (unpaired) electrons. The van der Waals surface area contributed by atoms with E-state index in [2.05, 4.69) is 11.3 Å². The second kappa shape index (κ2) is 4.24. The smallest absolute Gasteiger partial charge is 0.339 e. The first kappa shape index (κ1) is 10.0. The molecule has 0 saturated heterocycles. The Balaban J connectivity index is 3.26. The molecule has 3 nitrogen and oxygen atoms in total. The molecule has 0 bridgehead atoms. The van der Waals surface area contributed by atoms with Gasteiger partial charge < -0.3 is 4.74 Å². The van der Waals surface area contributed by atoms with Crippen LogP contribution in [0, 0.1) is 11.3 Å². The Morgan fingerprint density at radius 2 is 2.36 bits per heavy atom. The quantitative estimate of drug-likeness (QED) is 0.665. The molecule has 3 heteroatoms. The van der Waals surface area contributed by atoms with Gasteiger partial charge in [0, 0.05) is 0 Å². The van der Waals surface area contributed by atoms with Gasteiger partial charge in [-0.2, -0.15) is 5.26 Å². The summed E-state index contributed by atoms with van der Waals surface area (Å²) in [7, 11) is 1.28. The average Bonchev–Trinajstić information content (AvgIpc) is 2.27. The molecule has 70 valence electrons. The van der Waals surface area contributed by atoms with Crippen molar-refractivity contribution < 1.29 is 9.53 Å². The highest BCUT2D eigenvalue weighted by Gasteiger charge is 2.10. The van der Waals surface area contributed by atoms with Crippen molar-refractivity contribution in [2.45, 2.75) is 0 Å². The lowest BCUT2D eigenvalue weighted by Gasteiger charge is -2.02. The molecule has 0 heterocycles. The molecule has 14 heavy (non-hydrogen) atoms. The Morgan fingerprint density at radius 1 is 1.64 bits per heavy atom. The molecule has 0 aliphatic rings. The van der Waals surface area contributed by atoms with Crippen molar-refractivity contribution in [2.75, 3.05) is 7.11 Å². The summed E-state index contributed by atoms with van der Waals surface area (Å²) in [6, 6.07) is 6.80. The molecule has 1 aromatic rings. The van der Waals surface area contributed by atoms with Crippen LogP contribution in [0.25, 0.3) is 6.08 Å². The van der Waals surface area contributed by atoms with Crippen LogP contribution in [0.4, 0.5) is 0 Å². The second-order valence-electron chi connectivity index (χ2n) is 2.61. The van der Waals surface area contributed by atoms with Crippen LogP contribution in [0.1, 0.15) is 21.5 Å². The SMILES string of the molecule is C=Cc1ccc(C(=O)OC)c(C#N)c1. The third kappa shape index (κ3) is 1.80. The van der Waals surface area contributed by atoms with E-state index < -0.39 is 5.97 Å².